The molecule has 0 aromatic heterocycles. The van der Waals surface area contributed by atoms with Gasteiger partial charge < -0.3 is 10.1 Å². The minimum Gasteiger partial charge on any atom is -0.497 e. The number of ether oxygens (including phenoxy) is 1. The molecule has 0 heterocycles. The first-order valence-electron chi connectivity index (χ1n) is 5.57. The smallest absolute Gasteiger partial charge is 0.471 e. The van der Waals surface area contributed by atoms with Crippen LogP contribution in [0.4, 0.5) is 13.2 Å². The number of rotatable bonds is 2. The largest absolute Gasteiger partial charge is 0.497 e. The van der Waals surface area contributed by atoms with Crippen molar-refractivity contribution in [3.63, 3.8) is 0 Å². The number of Topliss-reactive ketones (excluding diaryl/α,β-unsaturated/α-hetero) is 1. The monoisotopic (exact) mass is 429 g/mol. The van der Waals surface area contributed by atoms with Crippen LogP contribution in [0.15, 0.2) is 18.2 Å². The maximum absolute atomic E-state index is 12.4. The Kier molecular flexibility index (Phi) is 4.09. The van der Waals surface area contributed by atoms with Gasteiger partial charge in [0, 0.05) is 5.56 Å². The maximum atomic E-state index is 12.4. The van der Waals surface area contributed by atoms with Crippen LogP contribution in [0.3, 0.4) is 0 Å². The molecule has 0 saturated carbocycles. The van der Waals surface area contributed by atoms with E-state index >= 15 is 0 Å². The summed E-state index contributed by atoms with van der Waals surface area (Å²) in [6.45, 7) is 0. The van der Waals surface area contributed by atoms with Crippen LogP contribution in [0.1, 0.15) is 22.0 Å². The van der Waals surface area contributed by atoms with Gasteiger partial charge in [0.2, 0.25) is 0 Å². The fraction of sp³-hybridized carbons (Fsp3) is 0.333. The first-order chi connectivity index (χ1) is 9.59. The molecule has 2 rings (SSSR count). The van der Waals surface area contributed by atoms with Crippen molar-refractivity contribution in [3.8, 4) is 5.75 Å². The van der Waals surface area contributed by atoms with Gasteiger partial charge in [0.15, 0.2) is 9.02 Å². The Morgan fingerprint density at radius 2 is 2.00 bits per heavy atom. The number of hydrogen-bond donors (Lipinski definition) is 1. The van der Waals surface area contributed by atoms with Crippen LogP contribution in [0.25, 0.3) is 0 Å². The van der Waals surface area contributed by atoms with Gasteiger partial charge in [0.05, 0.1) is 13.2 Å². The summed E-state index contributed by atoms with van der Waals surface area (Å²) >= 11 is 6.08. The van der Waals surface area contributed by atoms with Crippen LogP contribution in [-0.2, 0) is 4.79 Å². The van der Waals surface area contributed by atoms with E-state index in [1.54, 1.807) is 0 Å². The minimum atomic E-state index is -5.04. The molecular weight excluding hydrogens is 423 g/mol. The Labute approximate surface area is 134 Å². The molecule has 1 aromatic carbocycles. The molecular formula is C12H8Br2F3NO3. The quantitative estimate of drug-likeness (QED) is 0.733. The zero-order chi connectivity index (χ0) is 16.0. The minimum absolute atomic E-state index is 0.206. The first-order valence-corrected chi connectivity index (χ1v) is 7.16. The van der Waals surface area contributed by atoms with Gasteiger partial charge in [-0.15, -0.1) is 0 Å². The third-order valence-electron chi connectivity index (χ3n) is 3.01. The second-order valence-corrected chi connectivity index (χ2v) is 7.88. The highest BCUT2D eigenvalue weighted by atomic mass is 79.9. The first kappa shape index (κ1) is 16.3. The van der Waals surface area contributed by atoms with E-state index in [1.807, 2.05) is 5.32 Å². The highest BCUT2D eigenvalue weighted by molar-refractivity contribution is 9.26. The lowest BCUT2D eigenvalue weighted by Gasteiger charge is -2.24. The molecule has 4 nitrogen and oxygen atoms in total. The molecule has 0 aliphatic heterocycles. The molecule has 1 aliphatic rings. The maximum Gasteiger partial charge on any atom is 0.471 e. The van der Waals surface area contributed by atoms with Crippen LogP contribution in [0.2, 0.25) is 0 Å². The number of amides is 1. The number of carbonyl (C=O) groups excluding carboxylic acids is 2. The van der Waals surface area contributed by atoms with Crippen molar-refractivity contribution in [1.29, 1.82) is 0 Å². The summed E-state index contributed by atoms with van der Waals surface area (Å²) in [6, 6.07) is 3.15. The topological polar surface area (TPSA) is 55.4 Å². The molecule has 1 aromatic rings. The fourth-order valence-electron chi connectivity index (χ4n) is 2.00. The summed E-state index contributed by atoms with van der Waals surface area (Å²) in [5.74, 6) is -2.24. The van der Waals surface area contributed by atoms with Crippen molar-refractivity contribution in [2.75, 3.05) is 7.11 Å². The summed E-state index contributed by atoms with van der Waals surface area (Å²) in [6.07, 6.45) is -5.04. The Morgan fingerprint density at radius 3 is 2.52 bits per heavy atom. The van der Waals surface area contributed by atoms with Gasteiger partial charge in [-0.2, -0.15) is 13.2 Å². The summed E-state index contributed by atoms with van der Waals surface area (Å²) < 4.78 is 40.7. The van der Waals surface area contributed by atoms with Gasteiger partial charge in [-0.25, -0.2) is 0 Å². The predicted molar refractivity (Wildman–Crippen MR) is 74.8 cm³/mol. The summed E-state index contributed by atoms with van der Waals surface area (Å²) in [4.78, 5) is 23.4. The van der Waals surface area contributed by atoms with Gasteiger partial charge in [-0.05, 0) is 23.8 Å². The van der Waals surface area contributed by atoms with E-state index in [0.29, 0.717) is 5.75 Å². The molecule has 1 N–H and O–H groups in total. The van der Waals surface area contributed by atoms with E-state index in [0.717, 1.165) is 0 Å². The van der Waals surface area contributed by atoms with Gasteiger partial charge in [-0.3, -0.25) is 9.59 Å². The van der Waals surface area contributed by atoms with E-state index in [2.05, 4.69) is 31.9 Å². The second kappa shape index (κ2) is 5.28. The van der Waals surface area contributed by atoms with E-state index in [9.17, 15) is 22.8 Å². The number of methoxy groups -OCH3 is 1. The predicted octanol–water partition coefficient (Wildman–Crippen LogP) is 3.10. The van der Waals surface area contributed by atoms with Crippen molar-refractivity contribution in [1.82, 2.24) is 5.32 Å². The number of alkyl halides is 5. The zero-order valence-corrected chi connectivity index (χ0v) is 13.6. The van der Waals surface area contributed by atoms with Crippen molar-refractivity contribution in [3.05, 3.63) is 29.3 Å². The number of ketones is 1. The van der Waals surface area contributed by atoms with Crippen LogP contribution < -0.4 is 10.1 Å². The molecule has 0 radical (unpaired) electrons. The van der Waals surface area contributed by atoms with Gasteiger partial charge in [0.1, 0.15) is 5.75 Å². The van der Waals surface area contributed by atoms with Crippen LogP contribution in [0, 0.1) is 0 Å². The summed E-state index contributed by atoms with van der Waals surface area (Å²) in [5.41, 5.74) is 0.447. The zero-order valence-electron chi connectivity index (χ0n) is 10.4. The second-order valence-electron chi connectivity index (χ2n) is 4.31. The Morgan fingerprint density at radius 1 is 1.38 bits per heavy atom. The molecule has 9 heteroatoms. The average molecular weight is 431 g/mol. The Hall–Kier alpha value is -1.09. The molecule has 0 fully saturated rings. The molecule has 0 bridgehead atoms. The van der Waals surface area contributed by atoms with E-state index in [-0.39, 0.29) is 11.1 Å². The number of carbonyl (C=O) groups is 2. The number of benzene rings is 1. The van der Waals surface area contributed by atoms with Gasteiger partial charge in [-0.1, -0.05) is 31.9 Å². The lowest BCUT2D eigenvalue weighted by Crippen LogP contribution is -2.44. The van der Waals surface area contributed by atoms with Gasteiger partial charge >= 0.3 is 12.1 Å². The molecule has 1 unspecified atom stereocenters. The van der Waals surface area contributed by atoms with Crippen molar-refractivity contribution in [2.24, 2.45) is 0 Å². The van der Waals surface area contributed by atoms with Crippen molar-refractivity contribution < 1.29 is 27.5 Å². The molecule has 1 amide bonds. The van der Waals surface area contributed by atoms with Crippen molar-refractivity contribution >= 4 is 43.6 Å². The van der Waals surface area contributed by atoms with Crippen LogP contribution in [-0.4, -0.2) is 28.2 Å². The molecule has 0 saturated heterocycles. The molecule has 114 valence electrons. The SMILES string of the molecule is COc1ccc2c(c1)C(NC(=O)C(F)(F)F)C(Br)(Br)C2=O. The number of nitrogens with one attached hydrogen (secondary N) is 1. The van der Waals surface area contributed by atoms with E-state index in [1.165, 1.54) is 25.3 Å². The summed E-state index contributed by atoms with van der Waals surface area (Å²) in [5, 5.41) is 1.81. The van der Waals surface area contributed by atoms with Crippen LogP contribution >= 0.6 is 31.9 Å². The normalized spacial score (nSPS) is 20.1. The third kappa shape index (κ3) is 2.80. The molecule has 1 atom stereocenters. The highest BCUT2D eigenvalue weighted by Crippen LogP contribution is 2.50. The third-order valence-corrected chi connectivity index (χ3v) is 4.65. The van der Waals surface area contributed by atoms with Gasteiger partial charge in [0.25, 0.3) is 0 Å². The number of hydrogen-bond acceptors (Lipinski definition) is 3. The number of fused-ring (bicyclic) bond motifs is 1. The van der Waals surface area contributed by atoms with Crippen LogP contribution in [0.5, 0.6) is 5.75 Å². The van der Waals surface area contributed by atoms with E-state index in [4.69, 9.17) is 4.74 Å². The Balaban J connectivity index is 2.46. The van der Waals surface area contributed by atoms with Crippen molar-refractivity contribution in [2.45, 2.75) is 15.5 Å². The molecule has 1 aliphatic carbocycles. The highest BCUT2D eigenvalue weighted by Gasteiger charge is 2.53. The number of halogens is 5. The average Bonchev–Trinajstić information content (AvgIpc) is 2.58. The Bertz CT molecular complexity index is 616. The lowest BCUT2D eigenvalue weighted by molar-refractivity contribution is -0.174. The lowest BCUT2D eigenvalue weighted by atomic mass is 10.1. The molecule has 0 spiro atoms. The molecule has 21 heavy (non-hydrogen) atoms. The standard InChI is InChI=1S/C12H8Br2F3NO3/c1-21-5-2-3-6-7(4-5)8(11(13,14)9(6)19)18-10(20)12(15,16)17/h2-4,8H,1H3,(H,18,20). The fourth-order valence-corrected chi connectivity index (χ4v) is 3.15. The van der Waals surface area contributed by atoms with E-state index < -0.39 is 27.1 Å². The summed E-state index contributed by atoms with van der Waals surface area (Å²) in [7, 11) is 1.39.